The van der Waals surface area contributed by atoms with Crippen molar-refractivity contribution in [3.63, 3.8) is 0 Å². The first-order valence-electron chi connectivity index (χ1n) is 10.5. The third-order valence-electron chi connectivity index (χ3n) is 5.08. The van der Waals surface area contributed by atoms with Gasteiger partial charge in [0.2, 0.25) is 5.95 Å². The first kappa shape index (κ1) is 24.5. The fourth-order valence-corrected chi connectivity index (χ4v) is 3.52. The van der Waals surface area contributed by atoms with Crippen molar-refractivity contribution in [3.8, 4) is 33.8 Å². The van der Waals surface area contributed by atoms with Gasteiger partial charge < -0.3 is 19.9 Å². The van der Waals surface area contributed by atoms with E-state index in [4.69, 9.17) is 4.74 Å². The molecule has 0 bridgehead atoms. The molecule has 0 saturated heterocycles. The molecule has 0 amide bonds. The quantitative estimate of drug-likeness (QED) is 0.333. The summed E-state index contributed by atoms with van der Waals surface area (Å²) in [5.41, 5.74) is 2.92. The summed E-state index contributed by atoms with van der Waals surface area (Å²) < 4.78 is 46.6. The van der Waals surface area contributed by atoms with Gasteiger partial charge in [0.1, 0.15) is 17.1 Å². The zero-order valence-electron chi connectivity index (χ0n) is 18.8. The Hall–Kier alpha value is -4.67. The maximum atomic E-state index is 12.4. The Morgan fingerprint density at radius 2 is 1.72 bits per heavy atom. The van der Waals surface area contributed by atoms with Crippen molar-refractivity contribution in [1.82, 2.24) is 15.0 Å². The van der Waals surface area contributed by atoms with Crippen LogP contribution in [0.4, 0.5) is 19.1 Å². The van der Waals surface area contributed by atoms with Crippen LogP contribution in [-0.4, -0.2) is 39.5 Å². The van der Waals surface area contributed by atoms with E-state index in [2.05, 4.69) is 25.0 Å². The maximum Gasteiger partial charge on any atom is 0.573 e. The van der Waals surface area contributed by atoms with E-state index in [0.29, 0.717) is 22.3 Å². The fraction of sp³-hybridized carbons (Fsp3) is 0.120. The Balaban J connectivity index is 1.57. The molecule has 0 fully saturated rings. The molecule has 4 aromatic rings. The third-order valence-corrected chi connectivity index (χ3v) is 5.08. The second-order valence-electron chi connectivity index (χ2n) is 7.49. The molecule has 0 aliphatic heterocycles. The number of nitrogens with zero attached hydrogens (tertiary/aromatic N) is 3. The standard InChI is InChI=1S/C25H19F3N4O4/c1-35-22-20(16-5-7-29-8-6-16)10-17(11-21(22)23(33)34)18-13-31-24(32-14-18)30-12-15-3-2-4-19(9-15)36-25(26,27)28/h2-11,13-14H,12H2,1H3,(H,33,34)(H,30,31,32). The summed E-state index contributed by atoms with van der Waals surface area (Å²) >= 11 is 0. The molecule has 184 valence electrons. The van der Waals surface area contributed by atoms with E-state index in [9.17, 15) is 23.1 Å². The average molecular weight is 496 g/mol. The molecule has 0 aliphatic carbocycles. The summed E-state index contributed by atoms with van der Waals surface area (Å²) in [4.78, 5) is 24.4. The minimum absolute atomic E-state index is 0.0232. The largest absolute Gasteiger partial charge is 0.573 e. The molecule has 2 N–H and O–H groups in total. The number of methoxy groups -OCH3 is 1. The molecular formula is C25H19F3N4O4. The second-order valence-corrected chi connectivity index (χ2v) is 7.49. The number of hydrogen-bond acceptors (Lipinski definition) is 7. The number of benzene rings is 2. The number of aromatic nitrogens is 3. The molecule has 8 nitrogen and oxygen atoms in total. The van der Waals surface area contributed by atoms with Gasteiger partial charge in [0, 0.05) is 42.5 Å². The van der Waals surface area contributed by atoms with Crippen molar-refractivity contribution in [2.45, 2.75) is 12.9 Å². The van der Waals surface area contributed by atoms with Gasteiger partial charge in [-0.2, -0.15) is 0 Å². The second kappa shape index (κ2) is 10.3. The van der Waals surface area contributed by atoms with Crippen LogP contribution in [0.5, 0.6) is 11.5 Å². The van der Waals surface area contributed by atoms with Gasteiger partial charge in [-0.1, -0.05) is 12.1 Å². The van der Waals surface area contributed by atoms with Gasteiger partial charge in [-0.05, 0) is 53.1 Å². The lowest BCUT2D eigenvalue weighted by molar-refractivity contribution is -0.274. The van der Waals surface area contributed by atoms with Gasteiger partial charge in [-0.3, -0.25) is 4.98 Å². The average Bonchev–Trinajstić information content (AvgIpc) is 2.86. The van der Waals surface area contributed by atoms with Crippen molar-refractivity contribution >= 4 is 11.9 Å². The van der Waals surface area contributed by atoms with Crippen molar-refractivity contribution in [2.75, 3.05) is 12.4 Å². The molecule has 36 heavy (non-hydrogen) atoms. The van der Waals surface area contributed by atoms with Crippen molar-refractivity contribution in [2.24, 2.45) is 0 Å². The predicted molar refractivity (Wildman–Crippen MR) is 125 cm³/mol. The highest BCUT2D eigenvalue weighted by Gasteiger charge is 2.31. The first-order valence-corrected chi connectivity index (χ1v) is 10.5. The number of anilines is 1. The minimum atomic E-state index is -4.77. The summed E-state index contributed by atoms with van der Waals surface area (Å²) in [7, 11) is 1.40. The summed E-state index contributed by atoms with van der Waals surface area (Å²) in [6.07, 6.45) is 1.45. The molecule has 2 aromatic carbocycles. The summed E-state index contributed by atoms with van der Waals surface area (Å²) in [5.74, 6) is -1.02. The molecule has 0 unspecified atom stereocenters. The molecule has 0 radical (unpaired) electrons. The third kappa shape index (κ3) is 5.87. The number of hydrogen-bond donors (Lipinski definition) is 2. The van der Waals surface area contributed by atoms with Crippen molar-refractivity contribution < 1.29 is 32.5 Å². The zero-order valence-corrected chi connectivity index (χ0v) is 18.8. The molecular weight excluding hydrogens is 477 g/mol. The van der Waals surface area contributed by atoms with Crippen LogP contribution in [0.25, 0.3) is 22.3 Å². The van der Waals surface area contributed by atoms with Crippen LogP contribution in [0.3, 0.4) is 0 Å². The number of aromatic carboxylic acids is 1. The predicted octanol–water partition coefficient (Wildman–Crippen LogP) is 5.42. The molecule has 0 saturated carbocycles. The molecule has 4 rings (SSSR count). The summed E-state index contributed by atoms with van der Waals surface area (Å²) in [6, 6.07) is 12.3. The number of halogens is 3. The zero-order chi connectivity index (χ0) is 25.7. The van der Waals surface area contributed by atoms with E-state index >= 15 is 0 Å². The molecule has 2 heterocycles. The van der Waals surface area contributed by atoms with Crippen molar-refractivity contribution in [1.29, 1.82) is 0 Å². The topological polar surface area (TPSA) is 106 Å². The van der Waals surface area contributed by atoms with Crippen LogP contribution in [0, 0.1) is 0 Å². The van der Waals surface area contributed by atoms with Gasteiger partial charge in [-0.15, -0.1) is 13.2 Å². The van der Waals surface area contributed by atoms with E-state index in [1.807, 2.05) is 0 Å². The monoisotopic (exact) mass is 496 g/mol. The lowest BCUT2D eigenvalue weighted by atomic mass is 9.96. The Morgan fingerprint density at radius 3 is 2.36 bits per heavy atom. The van der Waals surface area contributed by atoms with E-state index in [1.165, 1.54) is 43.8 Å². The van der Waals surface area contributed by atoms with Crippen molar-refractivity contribution in [3.05, 3.63) is 84.4 Å². The number of alkyl halides is 3. The van der Waals surface area contributed by atoms with E-state index in [1.54, 1.807) is 36.7 Å². The molecule has 2 aromatic heterocycles. The highest BCUT2D eigenvalue weighted by atomic mass is 19.4. The Labute approximate surface area is 203 Å². The van der Waals surface area contributed by atoms with E-state index < -0.39 is 12.3 Å². The van der Waals surface area contributed by atoms with Crippen LogP contribution in [0.2, 0.25) is 0 Å². The lowest BCUT2D eigenvalue weighted by Crippen LogP contribution is -2.17. The van der Waals surface area contributed by atoms with Gasteiger partial charge in [0.05, 0.1) is 7.11 Å². The normalized spacial score (nSPS) is 11.1. The number of pyridine rings is 1. The van der Waals surface area contributed by atoms with Gasteiger partial charge >= 0.3 is 12.3 Å². The molecule has 0 spiro atoms. The van der Waals surface area contributed by atoms with E-state index in [0.717, 1.165) is 5.56 Å². The minimum Gasteiger partial charge on any atom is -0.495 e. The van der Waals surface area contributed by atoms with Crippen LogP contribution >= 0.6 is 0 Å². The van der Waals surface area contributed by atoms with Gasteiger partial charge in [-0.25, -0.2) is 14.8 Å². The SMILES string of the molecule is COc1c(C(=O)O)cc(-c2cnc(NCc3cccc(OC(F)(F)F)c3)nc2)cc1-c1ccncc1. The number of carbonyl (C=O) groups is 1. The molecule has 11 heteroatoms. The van der Waals surface area contributed by atoms with Gasteiger partial charge in [0.25, 0.3) is 0 Å². The Bertz CT molecular complexity index is 1360. The molecule has 0 aliphatic rings. The van der Waals surface area contributed by atoms with Gasteiger partial charge in [0.15, 0.2) is 0 Å². The number of carboxylic acid groups (broad SMARTS) is 1. The maximum absolute atomic E-state index is 12.4. The smallest absolute Gasteiger partial charge is 0.495 e. The summed E-state index contributed by atoms with van der Waals surface area (Å²) in [6.45, 7) is 0.159. The Morgan fingerprint density at radius 1 is 1.00 bits per heavy atom. The number of nitrogens with one attached hydrogen (secondary N) is 1. The Kier molecular flexibility index (Phi) is 7.00. The lowest BCUT2D eigenvalue weighted by Gasteiger charge is -2.14. The molecule has 0 atom stereocenters. The number of ether oxygens (including phenoxy) is 2. The summed E-state index contributed by atoms with van der Waals surface area (Å²) in [5, 5.41) is 12.7. The van der Waals surface area contributed by atoms with E-state index in [-0.39, 0.29) is 29.6 Å². The number of carboxylic acids is 1. The van der Waals surface area contributed by atoms with Crippen LogP contribution < -0.4 is 14.8 Å². The van der Waals surface area contributed by atoms with Crippen LogP contribution in [0.1, 0.15) is 15.9 Å². The highest BCUT2D eigenvalue weighted by Crippen LogP contribution is 2.37. The fourth-order valence-electron chi connectivity index (χ4n) is 3.52. The highest BCUT2D eigenvalue weighted by molar-refractivity contribution is 5.96. The first-order chi connectivity index (χ1) is 17.2. The number of rotatable bonds is 8. The van der Waals surface area contributed by atoms with Crippen LogP contribution in [0.15, 0.2) is 73.3 Å². The van der Waals surface area contributed by atoms with Crippen LogP contribution in [-0.2, 0) is 6.54 Å².